The highest BCUT2D eigenvalue weighted by molar-refractivity contribution is 5.85. The Morgan fingerprint density at radius 3 is 2.48 bits per heavy atom. The molecule has 2 heterocycles. The monoisotopic (exact) mass is 391 g/mol. The molecule has 1 aromatic carbocycles. The minimum Gasteiger partial charge on any atom is -0.485 e. The predicted molar refractivity (Wildman–Crippen MR) is 99.3 cm³/mol. The SMILES string of the molecule is CCc1nc(COc2ccc(-c3nc(C4(N)CCCC4)no3)cc2)no1.Cl. The molecule has 3 aromatic rings. The molecule has 1 aliphatic rings. The normalized spacial score (nSPS) is 15.5. The van der Waals surface area contributed by atoms with Crippen molar-refractivity contribution in [2.45, 2.75) is 51.2 Å². The van der Waals surface area contributed by atoms with Crippen molar-refractivity contribution < 1.29 is 13.8 Å². The van der Waals surface area contributed by atoms with E-state index in [1.54, 1.807) is 0 Å². The maximum atomic E-state index is 6.38. The molecule has 9 heteroatoms. The number of ether oxygens (including phenoxy) is 1. The number of benzene rings is 1. The summed E-state index contributed by atoms with van der Waals surface area (Å²) >= 11 is 0. The van der Waals surface area contributed by atoms with Crippen molar-refractivity contribution in [1.82, 2.24) is 20.3 Å². The first-order valence-corrected chi connectivity index (χ1v) is 8.84. The van der Waals surface area contributed by atoms with Gasteiger partial charge in [0.25, 0.3) is 5.89 Å². The van der Waals surface area contributed by atoms with Crippen LogP contribution in [0.5, 0.6) is 5.75 Å². The maximum absolute atomic E-state index is 6.38. The van der Waals surface area contributed by atoms with Gasteiger partial charge in [-0.25, -0.2) is 0 Å². The Labute approximate surface area is 162 Å². The molecule has 0 unspecified atom stereocenters. The molecule has 2 N–H and O–H groups in total. The molecule has 8 nitrogen and oxygen atoms in total. The van der Waals surface area contributed by atoms with Crippen molar-refractivity contribution in [3.8, 4) is 17.2 Å². The van der Waals surface area contributed by atoms with E-state index in [2.05, 4.69) is 20.3 Å². The fourth-order valence-corrected chi connectivity index (χ4v) is 3.11. The Morgan fingerprint density at radius 2 is 1.81 bits per heavy atom. The van der Waals surface area contributed by atoms with E-state index in [0.717, 1.165) is 31.2 Å². The summed E-state index contributed by atoms with van der Waals surface area (Å²) in [6.45, 7) is 2.21. The quantitative estimate of drug-likeness (QED) is 0.679. The van der Waals surface area contributed by atoms with Gasteiger partial charge >= 0.3 is 0 Å². The van der Waals surface area contributed by atoms with Crippen molar-refractivity contribution in [3.63, 3.8) is 0 Å². The third-order valence-electron chi connectivity index (χ3n) is 4.65. The zero-order chi connectivity index (χ0) is 18.0. The van der Waals surface area contributed by atoms with E-state index in [-0.39, 0.29) is 19.0 Å². The Bertz CT molecular complexity index is 871. The Morgan fingerprint density at radius 1 is 1.07 bits per heavy atom. The first kappa shape index (κ1) is 19.3. The van der Waals surface area contributed by atoms with Crippen LogP contribution in [0, 0.1) is 0 Å². The van der Waals surface area contributed by atoms with E-state index in [4.69, 9.17) is 19.5 Å². The standard InChI is InChI=1S/C18H21N5O3.ClH/c1-2-15-20-14(22-25-15)11-24-13-7-5-12(6-8-13)16-21-17(23-26-16)18(19)9-3-4-10-18;/h5-8H,2-4,9-11,19H2,1H3;1H. The average molecular weight is 392 g/mol. The van der Waals surface area contributed by atoms with Crippen LogP contribution < -0.4 is 10.5 Å². The van der Waals surface area contributed by atoms with Gasteiger partial charge in [-0.15, -0.1) is 12.4 Å². The van der Waals surface area contributed by atoms with Gasteiger partial charge in [-0.2, -0.15) is 9.97 Å². The Hall–Kier alpha value is -2.45. The Kier molecular flexibility index (Phi) is 5.76. The largest absolute Gasteiger partial charge is 0.485 e. The molecule has 0 spiro atoms. The van der Waals surface area contributed by atoms with Gasteiger partial charge < -0.3 is 19.5 Å². The van der Waals surface area contributed by atoms with Crippen LogP contribution in [0.25, 0.3) is 11.5 Å². The highest BCUT2D eigenvalue weighted by Crippen LogP contribution is 2.35. The summed E-state index contributed by atoms with van der Waals surface area (Å²) in [5, 5.41) is 7.94. The fraction of sp³-hybridized carbons (Fsp3) is 0.444. The summed E-state index contributed by atoms with van der Waals surface area (Å²) in [7, 11) is 0. The molecule has 27 heavy (non-hydrogen) atoms. The van der Waals surface area contributed by atoms with Crippen LogP contribution in [0.1, 0.15) is 50.1 Å². The number of nitrogens with two attached hydrogens (primary N) is 1. The molecule has 0 amide bonds. The minimum absolute atomic E-state index is 0. The molecule has 0 radical (unpaired) electrons. The molecule has 144 valence electrons. The average Bonchev–Trinajstić information content (AvgIpc) is 3.41. The molecular weight excluding hydrogens is 370 g/mol. The second-order valence-electron chi connectivity index (χ2n) is 6.56. The smallest absolute Gasteiger partial charge is 0.257 e. The number of rotatable bonds is 6. The summed E-state index contributed by atoms with van der Waals surface area (Å²) in [5.74, 6) is 2.88. The van der Waals surface area contributed by atoms with Gasteiger partial charge in [-0.05, 0) is 37.1 Å². The van der Waals surface area contributed by atoms with Crippen molar-refractivity contribution >= 4 is 12.4 Å². The van der Waals surface area contributed by atoms with Crippen LogP contribution >= 0.6 is 12.4 Å². The van der Waals surface area contributed by atoms with Crippen molar-refractivity contribution in [3.05, 3.63) is 41.8 Å². The van der Waals surface area contributed by atoms with Gasteiger partial charge in [0, 0.05) is 12.0 Å². The van der Waals surface area contributed by atoms with E-state index in [1.165, 1.54) is 0 Å². The lowest BCUT2D eigenvalue weighted by Crippen LogP contribution is -2.34. The molecule has 2 aromatic heterocycles. The van der Waals surface area contributed by atoms with E-state index in [0.29, 0.717) is 35.6 Å². The van der Waals surface area contributed by atoms with Crippen LogP contribution in [-0.4, -0.2) is 20.3 Å². The molecule has 1 fully saturated rings. The highest BCUT2D eigenvalue weighted by atomic mass is 35.5. The third kappa shape index (κ3) is 4.12. The molecule has 4 rings (SSSR count). The summed E-state index contributed by atoms with van der Waals surface area (Å²) in [5.41, 5.74) is 6.75. The van der Waals surface area contributed by atoms with Gasteiger partial charge in [-0.1, -0.05) is 30.1 Å². The van der Waals surface area contributed by atoms with Crippen LogP contribution in [0.4, 0.5) is 0 Å². The highest BCUT2D eigenvalue weighted by Gasteiger charge is 2.36. The third-order valence-corrected chi connectivity index (χ3v) is 4.65. The number of aryl methyl sites for hydroxylation is 1. The lowest BCUT2D eigenvalue weighted by atomic mass is 9.99. The second-order valence-corrected chi connectivity index (χ2v) is 6.56. The summed E-state index contributed by atoms with van der Waals surface area (Å²) in [6.07, 6.45) is 4.71. The van der Waals surface area contributed by atoms with Gasteiger partial charge in [0.05, 0.1) is 5.54 Å². The maximum Gasteiger partial charge on any atom is 0.257 e. The first-order valence-electron chi connectivity index (χ1n) is 8.84. The fourth-order valence-electron chi connectivity index (χ4n) is 3.11. The lowest BCUT2D eigenvalue weighted by molar-refractivity contribution is 0.285. The molecule has 1 aliphatic carbocycles. The molecule has 0 saturated heterocycles. The number of hydrogen-bond donors (Lipinski definition) is 1. The van der Waals surface area contributed by atoms with E-state index in [1.807, 2.05) is 31.2 Å². The molecular formula is C18H22ClN5O3. The van der Waals surface area contributed by atoms with Gasteiger partial charge in [0.2, 0.25) is 11.7 Å². The molecule has 0 bridgehead atoms. The van der Waals surface area contributed by atoms with Gasteiger partial charge in [0.1, 0.15) is 5.75 Å². The van der Waals surface area contributed by atoms with Crippen LogP contribution in [0.2, 0.25) is 0 Å². The zero-order valence-electron chi connectivity index (χ0n) is 15.1. The second kappa shape index (κ2) is 8.06. The topological polar surface area (TPSA) is 113 Å². The van der Waals surface area contributed by atoms with Gasteiger partial charge in [0.15, 0.2) is 12.4 Å². The van der Waals surface area contributed by atoms with Crippen molar-refractivity contribution in [1.29, 1.82) is 0 Å². The summed E-state index contributed by atoms with van der Waals surface area (Å²) in [4.78, 5) is 8.70. The van der Waals surface area contributed by atoms with Crippen molar-refractivity contribution in [2.75, 3.05) is 0 Å². The number of halogens is 1. The van der Waals surface area contributed by atoms with E-state index < -0.39 is 5.54 Å². The molecule has 0 atom stereocenters. The zero-order valence-corrected chi connectivity index (χ0v) is 15.9. The van der Waals surface area contributed by atoms with E-state index >= 15 is 0 Å². The minimum atomic E-state index is -0.452. The van der Waals surface area contributed by atoms with Crippen molar-refractivity contribution in [2.24, 2.45) is 5.73 Å². The summed E-state index contributed by atoms with van der Waals surface area (Å²) < 4.78 is 16.1. The Balaban J connectivity index is 0.00000210. The van der Waals surface area contributed by atoms with Crippen LogP contribution in [-0.2, 0) is 18.6 Å². The first-order chi connectivity index (χ1) is 12.7. The lowest BCUT2D eigenvalue weighted by Gasteiger charge is -2.17. The number of aromatic nitrogens is 4. The summed E-state index contributed by atoms with van der Waals surface area (Å²) in [6, 6.07) is 7.43. The van der Waals surface area contributed by atoms with E-state index in [9.17, 15) is 0 Å². The van der Waals surface area contributed by atoms with Crippen LogP contribution in [0.15, 0.2) is 33.3 Å². The number of hydrogen-bond acceptors (Lipinski definition) is 8. The predicted octanol–water partition coefficient (Wildman–Crippen LogP) is 3.41. The number of nitrogens with zero attached hydrogens (tertiary/aromatic N) is 4. The van der Waals surface area contributed by atoms with Crippen LogP contribution in [0.3, 0.4) is 0 Å². The molecule has 0 aliphatic heterocycles. The molecule has 1 saturated carbocycles. The van der Waals surface area contributed by atoms with Gasteiger partial charge in [-0.3, -0.25) is 0 Å².